The molecule has 3 rings (SSSR count). The minimum absolute atomic E-state index is 0.0372. The standard InChI is InChI=1S/C14H12N4O2/c1-5-6(2)12-7(3-9(5)19)10-11(16)8(4-15)13(17)18-14(10)20-12/h3,19H,1-2H3,(H4,16,17,18). The smallest absolute Gasteiger partial charge is 0.231 e. The van der Waals surface area contributed by atoms with Crippen molar-refractivity contribution in [2.45, 2.75) is 13.8 Å². The lowest BCUT2D eigenvalue weighted by molar-refractivity contribution is 0.471. The van der Waals surface area contributed by atoms with Gasteiger partial charge in [-0.25, -0.2) is 0 Å². The molecule has 0 atom stereocenters. The van der Waals surface area contributed by atoms with Gasteiger partial charge in [0, 0.05) is 5.39 Å². The number of benzene rings is 1. The fourth-order valence-corrected chi connectivity index (χ4v) is 2.34. The van der Waals surface area contributed by atoms with Gasteiger partial charge in [0.2, 0.25) is 5.71 Å². The summed E-state index contributed by atoms with van der Waals surface area (Å²) in [7, 11) is 0. The second-order valence-electron chi connectivity index (χ2n) is 4.70. The molecule has 2 aromatic heterocycles. The van der Waals surface area contributed by atoms with Crippen LogP contribution in [0.25, 0.3) is 22.1 Å². The number of pyridine rings is 1. The Morgan fingerprint density at radius 1 is 1.30 bits per heavy atom. The molecule has 1 aromatic carbocycles. The van der Waals surface area contributed by atoms with Gasteiger partial charge in [-0.1, -0.05) is 0 Å². The van der Waals surface area contributed by atoms with Crippen molar-refractivity contribution in [2.24, 2.45) is 0 Å². The van der Waals surface area contributed by atoms with Gasteiger partial charge in [-0.3, -0.25) is 0 Å². The van der Waals surface area contributed by atoms with Gasteiger partial charge >= 0.3 is 0 Å². The van der Waals surface area contributed by atoms with Crippen LogP contribution in [0.4, 0.5) is 11.5 Å². The van der Waals surface area contributed by atoms with Crippen LogP contribution in [0.1, 0.15) is 16.7 Å². The van der Waals surface area contributed by atoms with Gasteiger partial charge in [0.1, 0.15) is 28.8 Å². The molecule has 0 unspecified atom stereocenters. The number of aromatic nitrogens is 1. The summed E-state index contributed by atoms with van der Waals surface area (Å²) in [5.41, 5.74) is 14.4. The fraction of sp³-hybridized carbons (Fsp3) is 0.143. The molecule has 0 saturated heterocycles. The van der Waals surface area contributed by atoms with Crippen molar-refractivity contribution in [3.63, 3.8) is 0 Å². The maximum atomic E-state index is 9.96. The average Bonchev–Trinajstić information content (AvgIpc) is 2.75. The van der Waals surface area contributed by atoms with Crippen molar-refractivity contribution in [3.05, 3.63) is 22.8 Å². The molecule has 100 valence electrons. The van der Waals surface area contributed by atoms with Crippen LogP contribution in [-0.4, -0.2) is 10.1 Å². The minimum atomic E-state index is 0.0372. The molecule has 0 saturated carbocycles. The lowest BCUT2D eigenvalue weighted by atomic mass is 10.0. The molecule has 3 aromatic rings. The number of aryl methyl sites for hydroxylation is 1. The SMILES string of the molecule is Cc1c(O)cc2c(oc3nc(N)c(C#N)c(N)c32)c1C. The average molecular weight is 268 g/mol. The quantitative estimate of drug-likeness (QED) is 0.575. The number of nitrogens with two attached hydrogens (primary N) is 2. The highest BCUT2D eigenvalue weighted by Gasteiger charge is 2.20. The molecule has 2 heterocycles. The summed E-state index contributed by atoms with van der Waals surface area (Å²) in [5.74, 6) is 0.183. The van der Waals surface area contributed by atoms with Crippen molar-refractivity contribution in [1.82, 2.24) is 4.98 Å². The first kappa shape index (κ1) is 12.1. The Balaban J connectivity index is 2.62. The highest BCUT2D eigenvalue weighted by Crippen LogP contribution is 2.39. The number of nitrogens with zero attached hydrogens (tertiary/aromatic N) is 2. The molecule has 6 heteroatoms. The van der Waals surface area contributed by atoms with Crippen molar-refractivity contribution < 1.29 is 9.52 Å². The van der Waals surface area contributed by atoms with Gasteiger partial charge in [0.25, 0.3) is 0 Å². The number of aromatic hydroxyl groups is 1. The Morgan fingerprint density at radius 2 is 2.00 bits per heavy atom. The first-order valence-corrected chi connectivity index (χ1v) is 5.96. The van der Waals surface area contributed by atoms with Gasteiger partial charge in [-0.05, 0) is 31.0 Å². The number of rotatable bonds is 0. The van der Waals surface area contributed by atoms with E-state index in [1.54, 1.807) is 13.0 Å². The molecule has 0 fully saturated rings. The number of nitriles is 1. The zero-order chi connectivity index (χ0) is 14.6. The predicted molar refractivity (Wildman–Crippen MR) is 76.2 cm³/mol. The lowest BCUT2D eigenvalue weighted by Crippen LogP contribution is -2.00. The number of fused-ring (bicyclic) bond motifs is 3. The van der Waals surface area contributed by atoms with Crippen LogP contribution < -0.4 is 11.5 Å². The first-order valence-electron chi connectivity index (χ1n) is 5.96. The number of nitrogen functional groups attached to an aromatic ring is 2. The second-order valence-corrected chi connectivity index (χ2v) is 4.70. The van der Waals surface area contributed by atoms with Crippen LogP contribution in [0.2, 0.25) is 0 Å². The number of anilines is 2. The molecule has 0 bridgehead atoms. The predicted octanol–water partition coefficient (Wildman–Crippen LogP) is 2.34. The summed E-state index contributed by atoms with van der Waals surface area (Å²) in [6.07, 6.45) is 0. The first-order chi connectivity index (χ1) is 9.45. The zero-order valence-corrected chi connectivity index (χ0v) is 11.0. The molecule has 0 aliphatic rings. The maximum absolute atomic E-state index is 9.96. The second kappa shape index (κ2) is 3.78. The van der Waals surface area contributed by atoms with E-state index in [0.717, 1.165) is 11.1 Å². The number of furan rings is 1. The fourth-order valence-electron chi connectivity index (χ4n) is 2.34. The third-order valence-electron chi connectivity index (χ3n) is 3.62. The molecule has 0 radical (unpaired) electrons. The Kier molecular flexibility index (Phi) is 2.29. The molecule has 0 aliphatic heterocycles. The van der Waals surface area contributed by atoms with Gasteiger partial charge in [-0.15, -0.1) is 0 Å². The van der Waals surface area contributed by atoms with E-state index in [2.05, 4.69) is 4.98 Å². The summed E-state index contributed by atoms with van der Waals surface area (Å²) >= 11 is 0. The van der Waals surface area contributed by atoms with E-state index in [4.69, 9.17) is 21.1 Å². The van der Waals surface area contributed by atoms with E-state index in [-0.39, 0.29) is 28.5 Å². The van der Waals surface area contributed by atoms with E-state index in [1.165, 1.54) is 0 Å². The highest BCUT2D eigenvalue weighted by molar-refractivity contribution is 6.13. The van der Waals surface area contributed by atoms with Crippen molar-refractivity contribution >= 4 is 33.6 Å². The number of hydrogen-bond donors (Lipinski definition) is 3. The maximum Gasteiger partial charge on any atom is 0.231 e. The molecular formula is C14H12N4O2. The van der Waals surface area contributed by atoms with Gasteiger partial charge in [-0.2, -0.15) is 10.2 Å². The minimum Gasteiger partial charge on any atom is -0.508 e. The van der Waals surface area contributed by atoms with Crippen LogP contribution in [-0.2, 0) is 0 Å². The van der Waals surface area contributed by atoms with Crippen molar-refractivity contribution in [1.29, 1.82) is 5.26 Å². The lowest BCUT2D eigenvalue weighted by Gasteiger charge is -2.04. The number of phenolic OH excluding ortho intramolecular Hbond substituents is 1. The summed E-state index contributed by atoms with van der Waals surface area (Å²) in [5, 5.41) is 20.2. The molecule has 0 spiro atoms. The van der Waals surface area contributed by atoms with E-state index in [0.29, 0.717) is 16.4 Å². The Labute approximate surface area is 114 Å². The third kappa shape index (κ3) is 1.34. The van der Waals surface area contributed by atoms with Crippen LogP contribution in [0.3, 0.4) is 0 Å². The summed E-state index contributed by atoms with van der Waals surface area (Å²) in [4.78, 5) is 4.07. The molecule has 20 heavy (non-hydrogen) atoms. The van der Waals surface area contributed by atoms with E-state index in [9.17, 15) is 5.11 Å². The molecule has 5 N–H and O–H groups in total. The molecule has 0 aliphatic carbocycles. The van der Waals surface area contributed by atoms with Crippen LogP contribution in [0, 0.1) is 25.2 Å². The van der Waals surface area contributed by atoms with Crippen LogP contribution in [0.5, 0.6) is 5.75 Å². The molecule has 6 nitrogen and oxygen atoms in total. The van der Waals surface area contributed by atoms with Crippen molar-refractivity contribution in [2.75, 3.05) is 11.5 Å². The van der Waals surface area contributed by atoms with Gasteiger partial charge in [0.05, 0.1) is 11.1 Å². The highest BCUT2D eigenvalue weighted by atomic mass is 16.3. The van der Waals surface area contributed by atoms with Gasteiger partial charge in [0.15, 0.2) is 0 Å². The normalized spacial score (nSPS) is 11.1. The van der Waals surface area contributed by atoms with Crippen LogP contribution in [0.15, 0.2) is 10.5 Å². The Morgan fingerprint density at radius 3 is 2.65 bits per heavy atom. The summed E-state index contributed by atoms with van der Waals surface area (Å²) in [6.45, 7) is 3.63. The number of hydrogen-bond acceptors (Lipinski definition) is 6. The monoisotopic (exact) mass is 268 g/mol. The van der Waals surface area contributed by atoms with E-state index < -0.39 is 0 Å². The molecular weight excluding hydrogens is 256 g/mol. The largest absolute Gasteiger partial charge is 0.508 e. The third-order valence-corrected chi connectivity index (χ3v) is 3.62. The Bertz CT molecular complexity index is 919. The van der Waals surface area contributed by atoms with Crippen LogP contribution >= 0.6 is 0 Å². The van der Waals surface area contributed by atoms with Gasteiger partial charge < -0.3 is 21.0 Å². The van der Waals surface area contributed by atoms with E-state index >= 15 is 0 Å². The topological polar surface area (TPSA) is 122 Å². The molecule has 0 amide bonds. The number of phenols is 1. The summed E-state index contributed by atoms with van der Waals surface area (Å²) in [6, 6.07) is 3.50. The van der Waals surface area contributed by atoms with Crippen molar-refractivity contribution in [3.8, 4) is 11.8 Å². The zero-order valence-electron chi connectivity index (χ0n) is 11.0. The summed E-state index contributed by atoms with van der Waals surface area (Å²) < 4.78 is 5.69. The van der Waals surface area contributed by atoms with E-state index in [1.807, 2.05) is 13.0 Å². The Hall–Kier alpha value is -2.94.